The number of hydrogen-bond acceptors (Lipinski definition) is 7. The highest BCUT2D eigenvalue weighted by Crippen LogP contribution is 2.27. The first-order chi connectivity index (χ1) is 9.19. The number of ether oxygens (including phenoxy) is 6. The lowest BCUT2D eigenvalue weighted by Crippen LogP contribution is -2.60. The number of hydrogen-bond donors (Lipinski definition) is 1. The van der Waals surface area contributed by atoms with Crippen molar-refractivity contribution in [3.63, 3.8) is 0 Å². The average molecular weight is 392 g/mol. The van der Waals surface area contributed by atoms with E-state index in [2.05, 4.69) is 22.6 Å². The Kier molecular flexibility index (Phi) is 8.66. The van der Waals surface area contributed by atoms with Gasteiger partial charge in [0.05, 0.1) is 6.10 Å². The summed E-state index contributed by atoms with van der Waals surface area (Å²) in [5.41, 5.74) is 0. The van der Waals surface area contributed by atoms with Crippen LogP contribution in [0.5, 0.6) is 0 Å². The van der Waals surface area contributed by atoms with Gasteiger partial charge in [-0.3, -0.25) is 0 Å². The Morgan fingerprint density at radius 2 is 1.63 bits per heavy atom. The fourth-order valence-corrected chi connectivity index (χ4v) is 2.60. The van der Waals surface area contributed by atoms with Crippen LogP contribution in [0.2, 0.25) is 0 Å². The van der Waals surface area contributed by atoms with E-state index in [-0.39, 0.29) is 19.7 Å². The van der Waals surface area contributed by atoms with Crippen molar-refractivity contribution < 1.29 is 33.5 Å². The lowest BCUT2D eigenvalue weighted by molar-refractivity contribution is -0.318. The van der Waals surface area contributed by atoms with Crippen LogP contribution in [0.3, 0.4) is 0 Å². The predicted octanol–water partition coefficient (Wildman–Crippen LogP) is 0.132. The summed E-state index contributed by atoms with van der Waals surface area (Å²) in [5, 5.41) is 10.3. The highest BCUT2D eigenvalue weighted by atomic mass is 127. The minimum absolute atomic E-state index is 0.0545. The Morgan fingerprint density at radius 3 is 2.11 bits per heavy atom. The monoisotopic (exact) mass is 392 g/mol. The molecule has 1 aliphatic rings. The molecule has 0 bridgehead atoms. The molecule has 1 fully saturated rings. The summed E-state index contributed by atoms with van der Waals surface area (Å²) >= 11 is 2.14. The minimum Gasteiger partial charge on any atom is -0.388 e. The molecular formula is C11H21IO7. The Hall–Kier alpha value is 0.450. The Morgan fingerprint density at radius 1 is 1.05 bits per heavy atom. The van der Waals surface area contributed by atoms with Crippen molar-refractivity contribution in [2.24, 2.45) is 0 Å². The molecular weight excluding hydrogens is 371 g/mol. The normalized spacial score (nSPS) is 35.5. The number of alkyl halides is 1. The van der Waals surface area contributed by atoms with Gasteiger partial charge in [0, 0.05) is 25.8 Å². The van der Waals surface area contributed by atoms with Crippen LogP contribution < -0.4 is 0 Å². The van der Waals surface area contributed by atoms with Gasteiger partial charge in [-0.05, 0) is 0 Å². The topological polar surface area (TPSA) is 75.6 Å². The molecule has 1 N–H and O–H groups in total. The fourth-order valence-electron chi connectivity index (χ4n) is 1.87. The van der Waals surface area contributed by atoms with E-state index in [0.717, 1.165) is 0 Å². The molecule has 0 saturated carbocycles. The summed E-state index contributed by atoms with van der Waals surface area (Å²) in [6, 6.07) is 0. The van der Waals surface area contributed by atoms with Crippen LogP contribution in [0, 0.1) is 0 Å². The van der Waals surface area contributed by atoms with E-state index in [1.807, 2.05) is 0 Å². The molecule has 5 atom stereocenters. The van der Waals surface area contributed by atoms with Crippen molar-refractivity contribution in [3.8, 4) is 0 Å². The third-order valence-electron chi connectivity index (χ3n) is 2.76. The molecule has 1 heterocycles. The van der Waals surface area contributed by atoms with Crippen molar-refractivity contribution in [3.05, 3.63) is 0 Å². The largest absolute Gasteiger partial charge is 0.388 e. The summed E-state index contributed by atoms with van der Waals surface area (Å²) in [6.45, 7) is 0.112. The van der Waals surface area contributed by atoms with Crippen LogP contribution in [-0.2, 0) is 28.4 Å². The first kappa shape index (κ1) is 17.5. The lowest BCUT2D eigenvalue weighted by Gasteiger charge is -2.43. The van der Waals surface area contributed by atoms with Crippen molar-refractivity contribution >= 4 is 22.6 Å². The van der Waals surface area contributed by atoms with E-state index >= 15 is 0 Å². The zero-order chi connectivity index (χ0) is 14.3. The van der Waals surface area contributed by atoms with Crippen LogP contribution in [0.15, 0.2) is 0 Å². The molecule has 0 aliphatic carbocycles. The number of halogens is 1. The number of aliphatic hydroxyl groups is 1. The molecule has 0 aromatic carbocycles. The van der Waals surface area contributed by atoms with Crippen LogP contribution in [0.4, 0.5) is 0 Å². The molecule has 1 rings (SSSR count). The van der Waals surface area contributed by atoms with Gasteiger partial charge < -0.3 is 33.5 Å². The third-order valence-corrected chi connectivity index (χ3v) is 3.63. The Labute approximate surface area is 126 Å². The highest BCUT2D eigenvalue weighted by molar-refractivity contribution is 14.1. The molecule has 0 aromatic heterocycles. The average Bonchev–Trinajstić information content (AvgIpc) is 2.44. The fraction of sp³-hybridized carbons (Fsp3) is 1.00. The smallest absolute Gasteiger partial charge is 0.186 e. The molecule has 7 nitrogen and oxygen atoms in total. The molecule has 1 saturated heterocycles. The Balaban J connectivity index is 2.77. The van der Waals surface area contributed by atoms with Gasteiger partial charge in [0.1, 0.15) is 31.9 Å². The van der Waals surface area contributed by atoms with Gasteiger partial charge in [-0.1, -0.05) is 22.6 Å². The third kappa shape index (κ3) is 4.74. The first-order valence-electron chi connectivity index (χ1n) is 5.82. The van der Waals surface area contributed by atoms with Crippen LogP contribution >= 0.6 is 22.6 Å². The molecule has 0 aromatic rings. The van der Waals surface area contributed by atoms with Crippen LogP contribution in [0.1, 0.15) is 0 Å². The van der Waals surface area contributed by atoms with E-state index in [4.69, 9.17) is 28.4 Å². The Bertz CT molecular complexity index is 243. The SMILES string of the molecule is COCO[C@H]1[C@@H](OC)O[C@H](CI)[C@@H](O)[C@@H]1OCOC. The second kappa shape index (κ2) is 9.40. The quantitative estimate of drug-likeness (QED) is 0.358. The maximum Gasteiger partial charge on any atom is 0.186 e. The predicted molar refractivity (Wildman–Crippen MR) is 74.1 cm³/mol. The van der Waals surface area contributed by atoms with Crippen molar-refractivity contribution in [2.45, 2.75) is 30.7 Å². The molecule has 19 heavy (non-hydrogen) atoms. The van der Waals surface area contributed by atoms with Crippen molar-refractivity contribution in [1.82, 2.24) is 0 Å². The van der Waals surface area contributed by atoms with Gasteiger partial charge in [0.15, 0.2) is 6.29 Å². The summed E-state index contributed by atoms with van der Waals surface area (Å²) < 4.78 is 32.3. The van der Waals surface area contributed by atoms with E-state index < -0.39 is 24.6 Å². The first-order valence-corrected chi connectivity index (χ1v) is 7.35. The molecule has 0 radical (unpaired) electrons. The van der Waals surface area contributed by atoms with Gasteiger partial charge >= 0.3 is 0 Å². The summed E-state index contributed by atoms with van der Waals surface area (Å²) in [6.07, 6.45) is -3.02. The number of rotatable bonds is 8. The van der Waals surface area contributed by atoms with Crippen LogP contribution in [0.25, 0.3) is 0 Å². The maximum atomic E-state index is 10.3. The zero-order valence-electron chi connectivity index (χ0n) is 11.3. The van der Waals surface area contributed by atoms with E-state index in [0.29, 0.717) is 4.43 Å². The second-order valence-electron chi connectivity index (χ2n) is 4.00. The van der Waals surface area contributed by atoms with Crippen molar-refractivity contribution in [1.29, 1.82) is 0 Å². The molecule has 0 spiro atoms. The summed E-state index contributed by atoms with van der Waals surface area (Å²) in [4.78, 5) is 0. The van der Waals surface area contributed by atoms with Crippen molar-refractivity contribution in [2.75, 3.05) is 39.3 Å². The second-order valence-corrected chi connectivity index (χ2v) is 4.88. The summed E-state index contributed by atoms with van der Waals surface area (Å²) in [5.74, 6) is 0. The van der Waals surface area contributed by atoms with E-state index in [1.165, 1.54) is 21.3 Å². The molecule has 1 aliphatic heterocycles. The zero-order valence-corrected chi connectivity index (χ0v) is 13.4. The maximum absolute atomic E-state index is 10.3. The van der Waals surface area contributed by atoms with E-state index in [9.17, 15) is 5.11 Å². The standard InChI is InChI=1S/C11H21IO7/c1-14-5-17-9-8(13)7(4-12)19-11(16-3)10(9)18-6-15-2/h7-11,13H,4-6H2,1-3H3/t7-,8-,9+,10-,11+/m1/s1. The molecule has 0 amide bonds. The van der Waals surface area contributed by atoms with Crippen LogP contribution in [-0.4, -0.2) is 75.2 Å². The van der Waals surface area contributed by atoms with Gasteiger partial charge in [-0.15, -0.1) is 0 Å². The molecule has 114 valence electrons. The highest BCUT2D eigenvalue weighted by Gasteiger charge is 2.46. The number of methoxy groups -OCH3 is 3. The minimum atomic E-state index is -0.819. The number of aliphatic hydroxyl groups excluding tert-OH is 1. The van der Waals surface area contributed by atoms with Gasteiger partial charge in [0.2, 0.25) is 0 Å². The van der Waals surface area contributed by atoms with Gasteiger partial charge in [-0.25, -0.2) is 0 Å². The van der Waals surface area contributed by atoms with E-state index in [1.54, 1.807) is 0 Å². The summed E-state index contributed by atoms with van der Waals surface area (Å²) in [7, 11) is 4.55. The lowest BCUT2D eigenvalue weighted by atomic mass is 9.99. The molecule has 0 unspecified atom stereocenters. The van der Waals surface area contributed by atoms with Gasteiger partial charge in [-0.2, -0.15) is 0 Å². The molecule has 8 heteroatoms. The van der Waals surface area contributed by atoms with Gasteiger partial charge in [0.25, 0.3) is 0 Å².